The highest BCUT2D eigenvalue weighted by atomic mass is 16.7. The van der Waals surface area contributed by atoms with E-state index in [1.165, 1.54) is 0 Å². The molecule has 0 aliphatic carbocycles. The molecular weight excluding hydrogens is 204 g/mol. The minimum atomic E-state index is -0.264. The van der Waals surface area contributed by atoms with Crippen molar-refractivity contribution in [3.05, 3.63) is 41.5 Å². The Balaban J connectivity index is 2.04. The lowest BCUT2D eigenvalue weighted by Gasteiger charge is -2.08. The molecule has 3 heteroatoms. The number of hydrogen-bond donors (Lipinski definition) is 0. The van der Waals surface area contributed by atoms with Gasteiger partial charge in [0.05, 0.1) is 13.2 Å². The molecule has 0 unspecified atom stereocenters. The number of hydrogen-bond acceptors (Lipinski definition) is 3. The van der Waals surface area contributed by atoms with Crippen molar-refractivity contribution in [3.8, 4) is 0 Å². The zero-order chi connectivity index (χ0) is 11.2. The summed E-state index contributed by atoms with van der Waals surface area (Å²) in [6.45, 7) is 1.23. The quantitative estimate of drug-likeness (QED) is 0.573. The molecule has 3 nitrogen and oxygen atoms in total. The van der Waals surface area contributed by atoms with Gasteiger partial charge in [-0.25, -0.2) is 0 Å². The maximum Gasteiger partial charge on any atom is 0.161 e. The van der Waals surface area contributed by atoms with E-state index in [0.29, 0.717) is 25.2 Å². The van der Waals surface area contributed by atoms with Crippen molar-refractivity contribution in [2.24, 2.45) is 0 Å². The summed E-state index contributed by atoms with van der Waals surface area (Å²) in [5.74, 6) is 0. The van der Waals surface area contributed by atoms with Gasteiger partial charge in [0.1, 0.15) is 6.29 Å². The van der Waals surface area contributed by atoms with Crippen LogP contribution in [-0.2, 0) is 14.3 Å². The van der Waals surface area contributed by atoms with Crippen molar-refractivity contribution >= 4 is 12.4 Å². The molecule has 0 saturated carbocycles. The lowest BCUT2D eigenvalue weighted by Crippen LogP contribution is -2.09. The minimum Gasteiger partial charge on any atom is -0.350 e. The third-order valence-corrected chi connectivity index (χ3v) is 2.40. The van der Waals surface area contributed by atoms with Crippen LogP contribution in [0.3, 0.4) is 0 Å². The van der Waals surface area contributed by atoms with E-state index in [4.69, 9.17) is 9.47 Å². The second-order valence-corrected chi connectivity index (χ2v) is 3.62. The number of carbonyl (C=O) groups is 1. The second-order valence-electron chi connectivity index (χ2n) is 3.62. The normalized spacial score (nSPS) is 17.6. The summed E-state index contributed by atoms with van der Waals surface area (Å²) in [7, 11) is 0. The minimum absolute atomic E-state index is 0.264. The highest BCUT2D eigenvalue weighted by Crippen LogP contribution is 2.15. The Kier molecular flexibility index (Phi) is 3.86. The summed E-state index contributed by atoms with van der Waals surface area (Å²) in [4.78, 5) is 10.9. The Labute approximate surface area is 94.7 Å². The molecule has 2 rings (SSSR count). The summed E-state index contributed by atoms with van der Waals surface area (Å²) in [5.41, 5.74) is 1.71. The Morgan fingerprint density at radius 2 is 1.94 bits per heavy atom. The molecule has 0 amide bonds. The molecule has 1 aliphatic rings. The van der Waals surface area contributed by atoms with Crippen LogP contribution in [0, 0.1) is 0 Å². The molecule has 84 valence electrons. The van der Waals surface area contributed by atoms with Crippen LogP contribution in [0.1, 0.15) is 12.0 Å². The highest BCUT2D eigenvalue weighted by Gasteiger charge is 2.17. The van der Waals surface area contributed by atoms with E-state index in [2.05, 4.69) is 0 Å². The first-order chi connectivity index (χ1) is 7.88. The average molecular weight is 218 g/mol. The molecule has 0 N–H and O–H groups in total. The molecule has 0 aromatic heterocycles. The van der Waals surface area contributed by atoms with Gasteiger partial charge in [-0.2, -0.15) is 0 Å². The van der Waals surface area contributed by atoms with E-state index in [0.717, 1.165) is 11.8 Å². The highest BCUT2D eigenvalue weighted by molar-refractivity contribution is 5.81. The molecule has 1 fully saturated rings. The zero-order valence-corrected chi connectivity index (χ0v) is 8.96. The van der Waals surface area contributed by atoms with Crippen molar-refractivity contribution in [2.45, 2.75) is 12.7 Å². The van der Waals surface area contributed by atoms with Crippen molar-refractivity contribution in [1.82, 2.24) is 0 Å². The molecule has 0 radical (unpaired) electrons. The van der Waals surface area contributed by atoms with E-state index in [1.54, 1.807) is 0 Å². The largest absolute Gasteiger partial charge is 0.350 e. The summed E-state index contributed by atoms with van der Waals surface area (Å²) in [6.07, 6.45) is 2.97. The van der Waals surface area contributed by atoms with Gasteiger partial charge < -0.3 is 9.47 Å². The van der Waals surface area contributed by atoms with Crippen molar-refractivity contribution in [1.29, 1.82) is 0 Å². The fourth-order valence-electron chi connectivity index (χ4n) is 1.62. The average Bonchev–Trinajstić information content (AvgIpc) is 2.82. The number of ether oxygens (including phenoxy) is 2. The van der Waals surface area contributed by atoms with E-state index in [9.17, 15) is 4.79 Å². The number of rotatable bonds is 4. The van der Waals surface area contributed by atoms with Crippen LogP contribution in [-0.4, -0.2) is 25.8 Å². The molecular formula is C13H14O3. The first-order valence-corrected chi connectivity index (χ1v) is 5.32. The van der Waals surface area contributed by atoms with Crippen LogP contribution in [0.25, 0.3) is 6.08 Å². The molecule has 0 spiro atoms. The first kappa shape index (κ1) is 11.0. The van der Waals surface area contributed by atoms with Gasteiger partial charge >= 0.3 is 0 Å². The third kappa shape index (κ3) is 3.02. The smallest absolute Gasteiger partial charge is 0.161 e. The first-order valence-electron chi connectivity index (χ1n) is 5.32. The molecule has 0 atom stereocenters. The Morgan fingerprint density at radius 3 is 2.56 bits per heavy atom. The van der Waals surface area contributed by atoms with Crippen LogP contribution in [0.2, 0.25) is 0 Å². The third-order valence-electron chi connectivity index (χ3n) is 2.40. The van der Waals surface area contributed by atoms with Gasteiger partial charge in [0.15, 0.2) is 6.29 Å². The standard InChI is InChI=1S/C13H14O3/c14-10-12(9-13-15-6-7-16-13)8-11-4-2-1-3-5-11/h1-5,8,10,13H,6-7,9H2/b12-8-. The summed E-state index contributed by atoms with van der Waals surface area (Å²) >= 11 is 0. The molecule has 1 heterocycles. The summed E-state index contributed by atoms with van der Waals surface area (Å²) in [5, 5.41) is 0. The lowest BCUT2D eigenvalue weighted by atomic mass is 10.1. The Morgan fingerprint density at radius 1 is 1.25 bits per heavy atom. The predicted octanol–water partition coefficient (Wildman–Crippen LogP) is 2.03. The van der Waals surface area contributed by atoms with Crippen LogP contribution in [0.5, 0.6) is 0 Å². The molecule has 1 aromatic rings. The molecule has 1 aliphatic heterocycles. The summed E-state index contributed by atoms with van der Waals surface area (Å²) < 4.78 is 10.6. The molecule has 16 heavy (non-hydrogen) atoms. The molecule has 0 bridgehead atoms. The van der Waals surface area contributed by atoms with Gasteiger partial charge in [-0.3, -0.25) is 4.79 Å². The molecule has 1 aromatic carbocycles. The van der Waals surface area contributed by atoms with E-state index in [-0.39, 0.29) is 6.29 Å². The predicted molar refractivity (Wildman–Crippen MR) is 60.8 cm³/mol. The van der Waals surface area contributed by atoms with Gasteiger partial charge in [-0.15, -0.1) is 0 Å². The fourth-order valence-corrected chi connectivity index (χ4v) is 1.62. The van der Waals surface area contributed by atoms with Crippen molar-refractivity contribution < 1.29 is 14.3 Å². The molecule has 1 saturated heterocycles. The monoisotopic (exact) mass is 218 g/mol. The Bertz CT molecular complexity index is 364. The van der Waals surface area contributed by atoms with E-state index < -0.39 is 0 Å². The van der Waals surface area contributed by atoms with Gasteiger partial charge in [0.25, 0.3) is 0 Å². The van der Waals surface area contributed by atoms with Crippen LogP contribution < -0.4 is 0 Å². The van der Waals surface area contributed by atoms with Crippen molar-refractivity contribution in [3.63, 3.8) is 0 Å². The second kappa shape index (κ2) is 5.58. The van der Waals surface area contributed by atoms with Crippen LogP contribution >= 0.6 is 0 Å². The Hall–Kier alpha value is -1.45. The maximum absolute atomic E-state index is 10.9. The number of benzene rings is 1. The van der Waals surface area contributed by atoms with Crippen LogP contribution in [0.15, 0.2) is 35.9 Å². The number of carbonyl (C=O) groups excluding carboxylic acids is 1. The van der Waals surface area contributed by atoms with Gasteiger partial charge in [-0.1, -0.05) is 30.3 Å². The van der Waals surface area contributed by atoms with Gasteiger partial charge in [0, 0.05) is 6.42 Å². The zero-order valence-electron chi connectivity index (χ0n) is 8.96. The summed E-state index contributed by atoms with van der Waals surface area (Å²) in [6, 6.07) is 9.74. The SMILES string of the molecule is O=C/C(=C\c1ccccc1)CC1OCCO1. The van der Waals surface area contributed by atoms with E-state index in [1.807, 2.05) is 36.4 Å². The van der Waals surface area contributed by atoms with Gasteiger partial charge in [0.2, 0.25) is 0 Å². The lowest BCUT2D eigenvalue weighted by molar-refractivity contribution is -0.106. The maximum atomic E-state index is 10.9. The van der Waals surface area contributed by atoms with Gasteiger partial charge in [-0.05, 0) is 17.2 Å². The number of aldehydes is 1. The van der Waals surface area contributed by atoms with Crippen molar-refractivity contribution in [2.75, 3.05) is 13.2 Å². The van der Waals surface area contributed by atoms with E-state index >= 15 is 0 Å². The van der Waals surface area contributed by atoms with Crippen LogP contribution in [0.4, 0.5) is 0 Å². The fraction of sp³-hybridized carbons (Fsp3) is 0.308. The topological polar surface area (TPSA) is 35.5 Å².